The number of nitrogens with zero attached hydrogens (tertiary/aromatic N) is 1. The molecule has 0 aliphatic carbocycles. The maximum absolute atomic E-state index is 10.1. The molecule has 0 radical (unpaired) electrons. The van der Waals surface area contributed by atoms with Gasteiger partial charge in [0.05, 0.1) is 4.88 Å². The number of carbonyl (C=O) groups excluding carboxylic acids is 1. The van der Waals surface area contributed by atoms with Crippen molar-refractivity contribution < 1.29 is 9.53 Å². The highest BCUT2D eigenvalue weighted by Crippen LogP contribution is 2.27. The number of para-hydroxylation sites is 1. The number of benzene rings is 1. The minimum absolute atomic E-state index is 0.156. The molecule has 1 heterocycles. The van der Waals surface area contributed by atoms with Gasteiger partial charge in [-0.15, -0.1) is 0 Å². The third kappa shape index (κ3) is 2.94. The average Bonchev–Trinajstić information content (AvgIpc) is 2.68. The Morgan fingerprint density at radius 2 is 2.18 bits per heavy atom. The molecule has 1 aromatic carbocycles. The Labute approximate surface area is 102 Å². The van der Waals surface area contributed by atoms with Gasteiger partial charge in [-0.2, -0.15) is 0 Å². The first-order valence-corrected chi connectivity index (χ1v) is 5.73. The Bertz CT molecular complexity index is 499. The zero-order valence-electron chi connectivity index (χ0n) is 8.92. The number of hydrogen-bond acceptors (Lipinski definition) is 6. The molecule has 88 valence electrons. The summed E-state index contributed by atoms with van der Waals surface area (Å²) in [5.74, 6) is 0.385. The minimum Gasteiger partial charge on any atom is -0.462 e. The summed E-state index contributed by atoms with van der Waals surface area (Å²) in [4.78, 5) is 15.0. The van der Waals surface area contributed by atoms with Gasteiger partial charge in [0, 0.05) is 5.69 Å². The summed E-state index contributed by atoms with van der Waals surface area (Å²) in [5.41, 5.74) is 6.63. The molecule has 0 amide bonds. The lowest BCUT2D eigenvalue weighted by molar-refractivity contribution is -0.129. The molecule has 3 N–H and O–H groups in total. The number of rotatable bonds is 5. The van der Waals surface area contributed by atoms with Crippen LogP contribution in [0.25, 0.3) is 0 Å². The molecule has 0 atom stereocenters. The van der Waals surface area contributed by atoms with E-state index in [1.807, 2.05) is 30.3 Å². The van der Waals surface area contributed by atoms with Gasteiger partial charge in [0.2, 0.25) is 0 Å². The largest absolute Gasteiger partial charge is 0.462 e. The zero-order chi connectivity index (χ0) is 12.1. The molecule has 0 fully saturated rings. The van der Waals surface area contributed by atoms with Crippen molar-refractivity contribution in [3.8, 4) is 0 Å². The number of thiazole rings is 1. The van der Waals surface area contributed by atoms with Crippen LogP contribution in [0.15, 0.2) is 30.3 Å². The number of nitrogens with one attached hydrogen (secondary N) is 1. The van der Waals surface area contributed by atoms with Crippen LogP contribution in [0.1, 0.15) is 4.88 Å². The normalized spacial score (nSPS) is 9.88. The summed E-state index contributed by atoms with van der Waals surface area (Å²) in [7, 11) is 0. The molecule has 0 unspecified atom stereocenters. The fourth-order valence-electron chi connectivity index (χ4n) is 1.28. The second-order valence-electron chi connectivity index (χ2n) is 3.23. The van der Waals surface area contributed by atoms with Crippen LogP contribution in [-0.4, -0.2) is 11.5 Å². The lowest BCUT2D eigenvalue weighted by Crippen LogP contribution is -1.93. The van der Waals surface area contributed by atoms with Gasteiger partial charge in [0.25, 0.3) is 6.47 Å². The molecule has 0 aliphatic rings. The number of anilines is 3. The lowest BCUT2D eigenvalue weighted by Gasteiger charge is -2.00. The Kier molecular flexibility index (Phi) is 3.56. The highest BCUT2D eigenvalue weighted by Gasteiger charge is 2.08. The summed E-state index contributed by atoms with van der Waals surface area (Å²) in [6.45, 7) is 0.549. The Balaban J connectivity index is 2.09. The van der Waals surface area contributed by atoms with Crippen molar-refractivity contribution in [2.24, 2.45) is 0 Å². The molecule has 0 bridgehead atoms. The van der Waals surface area contributed by atoms with Crippen LogP contribution in [-0.2, 0) is 16.1 Å². The van der Waals surface area contributed by atoms with Crippen LogP contribution < -0.4 is 11.1 Å². The molecular weight excluding hydrogens is 238 g/mol. The van der Waals surface area contributed by atoms with Crippen LogP contribution in [0, 0.1) is 0 Å². The molecule has 1 aromatic heterocycles. The van der Waals surface area contributed by atoms with Crippen molar-refractivity contribution in [2.75, 3.05) is 11.1 Å². The summed E-state index contributed by atoms with van der Waals surface area (Å²) in [5, 5.41) is 3.80. The molecule has 2 aromatic rings. The molecular formula is C11H11N3O2S. The molecule has 0 aliphatic heterocycles. The van der Waals surface area contributed by atoms with E-state index >= 15 is 0 Å². The van der Waals surface area contributed by atoms with E-state index < -0.39 is 0 Å². The van der Waals surface area contributed by atoms with E-state index in [1.165, 1.54) is 11.3 Å². The van der Waals surface area contributed by atoms with E-state index in [0.29, 0.717) is 17.4 Å². The topological polar surface area (TPSA) is 77.2 Å². The van der Waals surface area contributed by atoms with E-state index in [2.05, 4.69) is 15.0 Å². The first-order chi connectivity index (χ1) is 8.29. The quantitative estimate of drug-likeness (QED) is 0.794. The van der Waals surface area contributed by atoms with Gasteiger partial charge in [-0.05, 0) is 12.1 Å². The van der Waals surface area contributed by atoms with Crippen LogP contribution in [0.4, 0.5) is 16.6 Å². The summed E-state index contributed by atoms with van der Waals surface area (Å²) < 4.78 is 4.65. The minimum atomic E-state index is 0.156. The van der Waals surface area contributed by atoms with E-state index in [4.69, 9.17) is 5.73 Å². The first-order valence-electron chi connectivity index (χ1n) is 4.92. The standard InChI is InChI=1S/C11H11N3O2S/c12-10-9(6-16-7-15)17-11(14-10)13-8-4-2-1-3-5-8/h1-5,7H,6,12H2,(H,13,14). The summed E-state index contributed by atoms with van der Waals surface area (Å²) in [6.07, 6.45) is 0. The summed E-state index contributed by atoms with van der Waals surface area (Å²) >= 11 is 1.36. The molecule has 17 heavy (non-hydrogen) atoms. The Hall–Kier alpha value is -2.08. The third-order valence-electron chi connectivity index (χ3n) is 2.04. The second-order valence-corrected chi connectivity index (χ2v) is 4.31. The van der Waals surface area contributed by atoms with Gasteiger partial charge >= 0.3 is 0 Å². The molecule has 6 heteroatoms. The fraction of sp³-hybridized carbons (Fsp3) is 0.0909. The van der Waals surface area contributed by atoms with E-state index in [0.717, 1.165) is 10.6 Å². The molecule has 5 nitrogen and oxygen atoms in total. The van der Waals surface area contributed by atoms with Crippen molar-refractivity contribution in [2.45, 2.75) is 6.61 Å². The SMILES string of the molecule is Nc1nc(Nc2ccccc2)sc1COC=O. The molecule has 0 saturated heterocycles. The number of nitrogens with two attached hydrogens (primary N) is 1. The maximum atomic E-state index is 10.1. The predicted octanol–water partition coefficient (Wildman–Crippen LogP) is 2.14. The monoisotopic (exact) mass is 249 g/mol. The van der Waals surface area contributed by atoms with E-state index in [-0.39, 0.29) is 6.61 Å². The van der Waals surface area contributed by atoms with E-state index in [1.54, 1.807) is 0 Å². The number of nitrogen functional groups attached to an aromatic ring is 1. The first kappa shape index (κ1) is 11.4. The second kappa shape index (κ2) is 5.31. The van der Waals surface area contributed by atoms with Crippen LogP contribution >= 0.6 is 11.3 Å². The highest BCUT2D eigenvalue weighted by atomic mass is 32.1. The van der Waals surface area contributed by atoms with Gasteiger partial charge < -0.3 is 15.8 Å². The number of aromatic nitrogens is 1. The van der Waals surface area contributed by atoms with Gasteiger partial charge in [0.1, 0.15) is 12.4 Å². The van der Waals surface area contributed by atoms with Crippen LogP contribution in [0.2, 0.25) is 0 Å². The predicted molar refractivity (Wildman–Crippen MR) is 67.1 cm³/mol. The van der Waals surface area contributed by atoms with Crippen LogP contribution in [0.5, 0.6) is 0 Å². The van der Waals surface area contributed by atoms with Gasteiger partial charge in [-0.25, -0.2) is 4.98 Å². The fourth-order valence-corrected chi connectivity index (χ4v) is 2.10. The molecule has 0 spiro atoms. The summed E-state index contributed by atoms with van der Waals surface area (Å²) in [6, 6.07) is 9.65. The number of carbonyl (C=O) groups is 1. The smallest absolute Gasteiger partial charge is 0.293 e. The maximum Gasteiger partial charge on any atom is 0.293 e. The molecule has 0 saturated carbocycles. The Morgan fingerprint density at radius 3 is 2.88 bits per heavy atom. The van der Waals surface area contributed by atoms with Gasteiger partial charge in [0.15, 0.2) is 5.13 Å². The van der Waals surface area contributed by atoms with Crippen molar-refractivity contribution in [1.29, 1.82) is 0 Å². The lowest BCUT2D eigenvalue weighted by atomic mass is 10.3. The number of hydrogen-bond donors (Lipinski definition) is 2. The van der Waals surface area contributed by atoms with Crippen LogP contribution in [0.3, 0.4) is 0 Å². The average molecular weight is 249 g/mol. The van der Waals surface area contributed by atoms with Crippen molar-refractivity contribution in [3.63, 3.8) is 0 Å². The van der Waals surface area contributed by atoms with Crippen molar-refractivity contribution >= 4 is 34.4 Å². The van der Waals surface area contributed by atoms with Gasteiger partial charge in [-0.1, -0.05) is 29.5 Å². The van der Waals surface area contributed by atoms with E-state index in [9.17, 15) is 4.79 Å². The number of ether oxygens (including phenoxy) is 1. The zero-order valence-corrected chi connectivity index (χ0v) is 9.74. The van der Waals surface area contributed by atoms with Crippen molar-refractivity contribution in [1.82, 2.24) is 4.98 Å². The molecule has 2 rings (SSSR count). The Morgan fingerprint density at radius 1 is 1.41 bits per heavy atom. The third-order valence-corrected chi connectivity index (χ3v) is 3.00. The van der Waals surface area contributed by atoms with Crippen molar-refractivity contribution in [3.05, 3.63) is 35.2 Å². The van der Waals surface area contributed by atoms with Gasteiger partial charge in [-0.3, -0.25) is 4.79 Å². The highest BCUT2D eigenvalue weighted by molar-refractivity contribution is 7.16.